The fraction of sp³-hybridized carbons (Fsp3) is 0.320. The van der Waals surface area contributed by atoms with Crippen molar-refractivity contribution in [3.05, 3.63) is 76.6 Å². The van der Waals surface area contributed by atoms with Crippen LogP contribution in [0.3, 0.4) is 0 Å². The topological polar surface area (TPSA) is 80.5 Å². The van der Waals surface area contributed by atoms with Crippen molar-refractivity contribution >= 4 is 17.6 Å². The maximum atomic E-state index is 12.8. The van der Waals surface area contributed by atoms with E-state index < -0.39 is 0 Å². The predicted octanol–water partition coefficient (Wildman–Crippen LogP) is 4.28. The van der Waals surface area contributed by atoms with Crippen LogP contribution in [-0.2, 0) is 13.0 Å². The number of carbonyl (C=O) groups excluding carboxylic acids is 1. The van der Waals surface area contributed by atoms with Gasteiger partial charge in [-0.15, -0.1) is 0 Å². The van der Waals surface area contributed by atoms with Gasteiger partial charge in [-0.3, -0.25) is 19.8 Å². The number of aromatic nitrogens is 2. The Morgan fingerprint density at radius 3 is 2.44 bits per heavy atom. The van der Waals surface area contributed by atoms with Crippen molar-refractivity contribution in [1.29, 1.82) is 0 Å². The number of anilines is 1. The summed E-state index contributed by atoms with van der Waals surface area (Å²) < 4.78 is 7.18. The van der Waals surface area contributed by atoms with Crippen molar-refractivity contribution in [3.8, 4) is 5.75 Å². The average molecular weight is 434 g/mol. The van der Waals surface area contributed by atoms with Gasteiger partial charge in [0.2, 0.25) is 5.96 Å². The highest BCUT2D eigenvalue weighted by Gasteiger charge is 2.13. The monoisotopic (exact) mass is 433 g/mol. The fourth-order valence-electron chi connectivity index (χ4n) is 3.56. The van der Waals surface area contributed by atoms with Crippen LogP contribution in [0.5, 0.6) is 5.75 Å². The smallest absolute Gasteiger partial charge is 0.257 e. The van der Waals surface area contributed by atoms with Gasteiger partial charge >= 0.3 is 0 Å². The van der Waals surface area contributed by atoms with Crippen LogP contribution in [0.1, 0.15) is 39.8 Å². The number of methoxy groups -OCH3 is 1. The Bertz CT molecular complexity index is 1100. The van der Waals surface area contributed by atoms with E-state index in [4.69, 9.17) is 4.74 Å². The zero-order chi connectivity index (χ0) is 23.1. The van der Waals surface area contributed by atoms with Crippen molar-refractivity contribution < 1.29 is 9.53 Å². The third-order valence-electron chi connectivity index (χ3n) is 5.44. The molecule has 3 rings (SSSR count). The third kappa shape index (κ3) is 5.55. The summed E-state index contributed by atoms with van der Waals surface area (Å²) in [5.41, 5.74) is 5.88. The van der Waals surface area contributed by atoms with Gasteiger partial charge in [-0.2, -0.15) is 5.10 Å². The Kier molecular flexibility index (Phi) is 7.65. The quantitative estimate of drug-likeness (QED) is 0.431. The van der Waals surface area contributed by atoms with Crippen LogP contribution >= 0.6 is 0 Å². The maximum Gasteiger partial charge on any atom is 0.257 e. The fourth-order valence-corrected chi connectivity index (χ4v) is 3.56. The number of amides is 1. The van der Waals surface area contributed by atoms with E-state index in [1.54, 1.807) is 31.4 Å². The first-order valence-electron chi connectivity index (χ1n) is 10.8. The summed E-state index contributed by atoms with van der Waals surface area (Å²) in [5.74, 6) is 0.879. The molecule has 0 saturated heterocycles. The normalized spacial score (nSPS) is 11.3. The number of carbonyl (C=O) groups is 1. The van der Waals surface area contributed by atoms with Gasteiger partial charge in [-0.25, -0.2) is 0 Å². The molecular weight excluding hydrogens is 402 g/mol. The lowest BCUT2D eigenvalue weighted by Crippen LogP contribution is -2.36. The van der Waals surface area contributed by atoms with E-state index in [2.05, 4.69) is 34.6 Å². The van der Waals surface area contributed by atoms with E-state index in [-0.39, 0.29) is 5.91 Å². The number of guanidine groups is 1. The summed E-state index contributed by atoms with van der Waals surface area (Å²) in [6, 6.07) is 14.9. The standard InChI is InChI=1S/C25H31N5O2/c1-6-30-19(4)22(18(3)29-30)15-16-26-25(27-23-10-8-7-9-17(23)2)28-24(31)20-11-13-21(32-5)14-12-20/h7-14H,6,15-16H2,1-5H3,(H2,26,27,28,31). The van der Waals surface area contributed by atoms with Crippen LogP contribution < -0.4 is 15.4 Å². The highest BCUT2D eigenvalue weighted by Crippen LogP contribution is 2.16. The molecule has 0 spiro atoms. The number of benzene rings is 2. The molecule has 0 saturated carbocycles. The van der Waals surface area contributed by atoms with Gasteiger partial charge < -0.3 is 10.1 Å². The zero-order valence-electron chi connectivity index (χ0n) is 19.4. The molecule has 0 unspecified atom stereocenters. The van der Waals surface area contributed by atoms with Crippen molar-refractivity contribution in [3.63, 3.8) is 0 Å². The maximum absolute atomic E-state index is 12.8. The van der Waals surface area contributed by atoms with Crippen LogP contribution in [0.15, 0.2) is 53.5 Å². The molecule has 0 bridgehead atoms. The predicted molar refractivity (Wildman–Crippen MR) is 129 cm³/mol. The molecule has 168 valence electrons. The number of nitrogens with zero attached hydrogens (tertiary/aromatic N) is 3. The molecule has 2 N–H and O–H groups in total. The SMILES string of the molecule is CCn1nc(C)c(CCN=C(NC(=O)c2ccc(OC)cc2)Nc2ccccc2C)c1C. The summed E-state index contributed by atoms with van der Waals surface area (Å²) in [7, 11) is 1.60. The number of rotatable bonds is 7. The van der Waals surface area contributed by atoms with Crippen molar-refractivity contribution in [1.82, 2.24) is 15.1 Å². The minimum atomic E-state index is -0.237. The number of para-hydroxylation sites is 1. The van der Waals surface area contributed by atoms with E-state index in [1.807, 2.05) is 42.8 Å². The Morgan fingerprint density at radius 1 is 1.09 bits per heavy atom. The third-order valence-corrected chi connectivity index (χ3v) is 5.44. The Balaban J connectivity index is 1.79. The lowest BCUT2D eigenvalue weighted by Gasteiger charge is -2.14. The number of aliphatic imine (C=N–C) groups is 1. The average Bonchev–Trinajstić information content (AvgIpc) is 3.08. The molecule has 32 heavy (non-hydrogen) atoms. The minimum Gasteiger partial charge on any atom is -0.497 e. The molecule has 0 fully saturated rings. The second-order valence-electron chi connectivity index (χ2n) is 7.57. The second-order valence-corrected chi connectivity index (χ2v) is 7.57. The number of nitrogens with one attached hydrogen (secondary N) is 2. The van der Waals surface area contributed by atoms with Crippen molar-refractivity contribution in [2.45, 2.75) is 40.7 Å². The van der Waals surface area contributed by atoms with E-state index in [0.29, 0.717) is 23.8 Å². The first-order valence-corrected chi connectivity index (χ1v) is 10.8. The Hall–Kier alpha value is -3.61. The van der Waals surface area contributed by atoms with Crippen LogP contribution in [0.4, 0.5) is 5.69 Å². The Morgan fingerprint density at radius 2 is 1.81 bits per heavy atom. The molecule has 0 aliphatic heterocycles. The number of hydrogen-bond donors (Lipinski definition) is 2. The van der Waals surface area contributed by atoms with Gasteiger partial charge in [-0.1, -0.05) is 18.2 Å². The lowest BCUT2D eigenvalue weighted by molar-refractivity contribution is 0.0977. The molecule has 3 aromatic rings. The first-order chi connectivity index (χ1) is 15.4. The first kappa shape index (κ1) is 23.1. The molecule has 7 nitrogen and oxygen atoms in total. The molecule has 7 heteroatoms. The van der Waals surface area contributed by atoms with Gasteiger partial charge in [0.15, 0.2) is 0 Å². The van der Waals surface area contributed by atoms with E-state index in [9.17, 15) is 4.79 Å². The summed E-state index contributed by atoms with van der Waals surface area (Å²) >= 11 is 0. The highest BCUT2D eigenvalue weighted by atomic mass is 16.5. The lowest BCUT2D eigenvalue weighted by atomic mass is 10.1. The van der Waals surface area contributed by atoms with Gasteiger partial charge in [0.1, 0.15) is 5.75 Å². The summed E-state index contributed by atoms with van der Waals surface area (Å²) in [5, 5.41) is 10.8. The zero-order valence-corrected chi connectivity index (χ0v) is 19.4. The van der Waals surface area contributed by atoms with E-state index in [0.717, 1.165) is 35.6 Å². The summed E-state index contributed by atoms with van der Waals surface area (Å²) in [4.78, 5) is 17.5. The van der Waals surface area contributed by atoms with E-state index >= 15 is 0 Å². The van der Waals surface area contributed by atoms with Crippen molar-refractivity contribution in [2.24, 2.45) is 4.99 Å². The van der Waals surface area contributed by atoms with Gasteiger partial charge in [-0.05, 0) is 75.6 Å². The molecule has 0 aliphatic carbocycles. The van der Waals surface area contributed by atoms with E-state index in [1.165, 1.54) is 5.56 Å². The van der Waals surface area contributed by atoms with Gasteiger partial charge in [0.05, 0.1) is 12.8 Å². The second kappa shape index (κ2) is 10.6. The number of aryl methyl sites for hydroxylation is 3. The molecule has 1 heterocycles. The number of ether oxygens (including phenoxy) is 1. The highest BCUT2D eigenvalue weighted by molar-refractivity contribution is 6.10. The van der Waals surface area contributed by atoms with Crippen LogP contribution in [0, 0.1) is 20.8 Å². The summed E-state index contributed by atoms with van der Waals surface area (Å²) in [6.07, 6.45) is 0.745. The van der Waals surface area contributed by atoms with Gasteiger partial charge in [0, 0.05) is 30.0 Å². The Labute approximate surface area is 189 Å². The van der Waals surface area contributed by atoms with Gasteiger partial charge in [0.25, 0.3) is 5.91 Å². The molecule has 2 aromatic carbocycles. The summed E-state index contributed by atoms with van der Waals surface area (Å²) in [6.45, 7) is 9.57. The van der Waals surface area contributed by atoms with Crippen LogP contribution in [-0.4, -0.2) is 35.3 Å². The minimum absolute atomic E-state index is 0.237. The van der Waals surface area contributed by atoms with Crippen LogP contribution in [0.25, 0.3) is 0 Å². The number of hydrogen-bond acceptors (Lipinski definition) is 4. The molecule has 0 aliphatic rings. The molecule has 0 radical (unpaired) electrons. The van der Waals surface area contributed by atoms with Crippen molar-refractivity contribution in [2.75, 3.05) is 19.0 Å². The molecule has 0 atom stereocenters. The molecule has 1 aromatic heterocycles. The largest absolute Gasteiger partial charge is 0.497 e. The molecule has 1 amide bonds. The molecular formula is C25H31N5O2. The van der Waals surface area contributed by atoms with Crippen LogP contribution in [0.2, 0.25) is 0 Å².